The van der Waals surface area contributed by atoms with Crippen LogP contribution in [0.4, 0.5) is 0 Å². The lowest BCUT2D eigenvalue weighted by Gasteiger charge is -2.02. The number of nitrogens with zero attached hydrogens (tertiary/aromatic N) is 1. The topological polar surface area (TPSA) is 3.01 Å². The van der Waals surface area contributed by atoms with Crippen molar-refractivity contribution in [2.24, 2.45) is 0 Å². The Morgan fingerprint density at radius 1 is 1.27 bits per heavy atom. The van der Waals surface area contributed by atoms with E-state index in [0.29, 0.717) is 0 Å². The van der Waals surface area contributed by atoms with Crippen molar-refractivity contribution in [3.05, 3.63) is 35.4 Å². The van der Waals surface area contributed by atoms with E-state index in [1.54, 1.807) is 0 Å². The average molecular weight is 246 g/mol. The largest absolute Gasteiger partial charge is 1.00 e. The molecule has 0 saturated heterocycles. The highest BCUT2D eigenvalue weighted by Crippen LogP contribution is 2.08. The van der Waals surface area contributed by atoms with Gasteiger partial charge in [-0.25, -0.2) is 4.58 Å². The minimum absolute atomic E-state index is 0. The van der Waals surface area contributed by atoms with E-state index in [-0.39, 0.29) is 12.4 Å². The normalized spacial score (nSPS) is 9.33. The van der Waals surface area contributed by atoms with Gasteiger partial charge in [0.05, 0.1) is 5.56 Å². The van der Waals surface area contributed by atoms with Gasteiger partial charge in [0, 0.05) is 0 Å². The first-order valence-electron chi connectivity index (χ1n) is 5.03. The van der Waals surface area contributed by atoms with Crippen LogP contribution in [0.15, 0.2) is 24.3 Å². The fourth-order valence-corrected chi connectivity index (χ4v) is 1.81. The molecule has 0 saturated carbocycles. The lowest BCUT2D eigenvalue weighted by atomic mass is 10.1. The first-order chi connectivity index (χ1) is 6.69. The van der Waals surface area contributed by atoms with Crippen molar-refractivity contribution < 1.29 is 17.0 Å². The van der Waals surface area contributed by atoms with E-state index in [1.807, 2.05) is 12.1 Å². The molecule has 0 N–H and O–H groups in total. The average Bonchev–Trinajstić information content (AvgIpc) is 2.19. The molecule has 0 aromatic heterocycles. The van der Waals surface area contributed by atoms with Gasteiger partial charge in [-0.05, 0) is 44.5 Å². The van der Waals surface area contributed by atoms with Crippen molar-refractivity contribution in [3.8, 4) is 0 Å². The smallest absolute Gasteiger partial charge is 0.276 e. The van der Waals surface area contributed by atoms with Crippen LogP contribution in [0.25, 0.3) is 0 Å². The summed E-state index contributed by atoms with van der Waals surface area (Å²) in [4.78, 5) is 0. The second-order valence-electron chi connectivity index (χ2n) is 3.33. The molecule has 15 heavy (non-hydrogen) atoms. The number of hydrogen-bond donors (Lipinski definition) is 0. The van der Waals surface area contributed by atoms with Gasteiger partial charge in [0.15, 0.2) is 0 Å². The van der Waals surface area contributed by atoms with Gasteiger partial charge in [0.2, 0.25) is 0 Å². The number of hydrogen-bond acceptors (Lipinski definition) is 0. The lowest BCUT2D eigenvalue weighted by molar-refractivity contribution is -0.517. The minimum Gasteiger partial charge on any atom is -1.00 e. The van der Waals surface area contributed by atoms with Gasteiger partial charge in [-0.3, -0.25) is 0 Å². The Kier molecular flexibility index (Phi) is 6.62. The molecule has 84 valence electrons. The number of benzene rings is 1. The van der Waals surface area contributed by atoms with Gasteiger partial charge in [-0.1, -0.05) is 17.7 Å². The lowest BCUT2D eigenvalue weighted by Crippen LogP contribution is -3.00. The van der Waals surface area contributed by atoms with Crippen LogP contribution >= 0.6 is 11.6 Å². The first kappa shape index (κ1) is 14.5. The van der Waals surface area contributed by atoms with Crippen LogP contribution in [-0.4, -0.2) is 22.8 Å². The molecule has 0 amide bonds. The SMILES string of the molecule is CC[N+](CC)=C(Cl)c1cccc(C)c1.[Cl-]. The molecule has 1 aromatic carbocycles. The summed E-state index contributed by atoms with van der Waals surface area (Å²) in [5.41, 5.74) is 2.35. The molecule has 0 aliphatic rings. The predicted molar refractivity (Wildman–Crippen MR) is 62.5 cm³/mol. The van der Waals surface area contributed by atoms with E-state index in [9.17, 15) is 0 Å². The molecule has 0 heterocycles. The van der Waals surface area contributed by atoms with E-state index < -0.39 is 0 Å². The summed E-state index contributed by atoms with van der Waals surface area (Å²) in [6, 6.07) is 8.28. The Morgan fingerprint density at radius 3 is 2.33 bits per heavy atom. The highest BCUT2D eigenvalue weighted by atomic mass is 35.5. The highest BCUT2D eigenvalue weighted by molar-refractivity contribution is 6.68. The zero-order valence-electron chi connectivity index (χ0n) is 9.43. The first-order valence-corrected chi connectivity index (χ1v) is 5.41. The Hall–Kier alpha value is -0.530. The van der Waals surface area contributed by atoms with Gasteiger partial charge in [0.1, 0.15) is 13.1 Å². The summed E-state index contributed by atoms with van der Waals surface area (Å²) < 4.78 is 2.15. The molecule has 0 unspecified atom stereocenters. The summed E-state index contributed by atoms with van der Waals surface area (Å²) >= 11 is 6.29. The number of aryl methyl sites for hydroxylation is 1. The third-order valence-electron chi connectivity index (χ3n) is 2.30. The molecule has 1 rings (SSSR count). The van der Waals surface area contributed by atoms with Crippen molar-refractivity contribution in [3.63, 3.8) is 0 Å². The van der Waals surface area contributed by atoms with E-state index in [1.165, 1.54) is 5.56 Å². The molecule has 0 aliphatic carbocycles. The maximum absolute atomic E-state index is 6.29. The summed E-state index contributed by atoms with van der Waals surface area (Å²) in [7, 11) is 0. The third kappa shape index (κ3) is 3.84. The molecule has 3 heteroatoms. The Balaban J connectivity index is 0.00000196. The van der Waals surface area contributed by atoms with Crippen molar-refractivity contribution >= 4 is 16.8 Å². The number of rotatable bonds is 3. The van der Waals surface area contributed by atoms with Crippen LogP contribution in [0.5, 0.6) is 0 Å². The molecular formula is C12H17Cl2N. The Labute approximate surface area is 103 Å². The fraction of sp³-hybridized carbons (Fsp3) is 0.417. The van der Waals surface area contributed by atoms with Gasteiger partial charge in [0.25, 0.3) is 5.17 Å². The maximum atomic E-state index is 6.29. The van der Waals surface area contributed by atoms with Crippen LogP contribution in [0.3, 0.4) is 0 Å². The third-order valence-corrected chi connectivity index (χ3v) is 2.75. The van der Waals surface area contributed by atoms with Crippen molar-refractivity contribution in [1.29, 1.82) is 0 Å². The van der Waals surface area contributed by atoms with Crippen molar-refractivity contribution in [1.82, 2.24) is 0 Å². The van der Waals surface area contributed by atoms with Crippen LogP contribution < -0.4 is 12.4 Å². The molecule has 0 fully saturated rings. The Bertz CT molecular complexity index is 339. The van der Waals surface area contributed by atoms with Crippen molar-refractivity contribution in [2.45, 2.75) is 20.8 Å². The van der Waals surface area contributed by atoms with Crippen LogP contribution in [0.2, 0.25) is 0 Å². The molecule has 0 atom stereocenters. The highest BCUT2D eigenvalue weighted by Gasteiger charge is 2.10. The zero-order valence-corrected chi connectivity index (χ0v) is 10.9. The standard InChI is InChI=1S/C12H17ClN.ClH/c1-4-14(5-2)12(13)11-8-6-7-10(3)9-11;/h6-9H,4-5H2,1-3H3;1H/q+1;/p-1. The second kappa shape index (κ2) is 6.86. The summed E-state index contributed by atoms with van der Waals surface area (Å²) in [6.07, 6.45) is 0. The predicted octanol–water partition coefficient (Wildman–Crippen LogP) is 0.0367. The van der Waals surface area contributed by atoms with Gasteiger partial charge in [-0.2, -0.15) is 0 Å². The van der Waals surface area contributed by atoms with E-state index in [4.69, 9.17) is 11.6 Å². The number of halogens is 2. The van der Waals surface area contributed by atoms with Gasteiger partial charge in [-0.15, -0.1) is 0 Å². The van der Waals surface area contributed by atoms with E-state index >= 15 is 0 Å². The Morgan fingerprint density at radius 2 is 1.87 bits per heavy atom. The molecule has 0 spiro atoms. The summed E-state index contributed by atoms with van der Waals surface area (Å²) in [5.74, 6) is 0. The minimum atomic E-state index is 0. The second-order valence-corrected chi connectivity index (χ2v) is 3.69. The van der Waals surface area contributed by atoms with Crippen LogP contribution in [0.1, 0.15) is 25.0 Å². The molecule has 1 nitrogen and oxygen atoms in total. The molecule has 0 bridgehead atoms. The maximum Gasteiger partial charge on any atom is 0.276 e. The van der Waals surface area contributed by atoms with Gasteiger partial charge >= 0.3 is 0 Å². The molecule has 1 aromatic rings. The van der Waals surface area contributed by atoms with E-state index in [0.717, 1.165) is 23.8 Å². The summed E-state index contributed by atoms with van der Waals surface area (Å²) in [6.45, 7) is 8.20. The molecule has 0 aliphatic heterocycles. The van der Waals surface area contributed by atoms with Gasteiger partial charge < -0.3 is 12.4 Å². The van der Waals surface area contributed by atoms with Crippen molar-refractivity contribution in [2.75, 3.05) is 13.1 Å². The summed E-state index contributed by atoms with van der Waals surface area (Å²) in [5, 5.41) is 0.846. The molecular weight excluding hydrogens is 229 g/mol. The van der Waals surface area contributed by atoms with Crippen LogP contribution in [-0.2, 0) is 0 Å². The fourth-order valence-electron chi connectivity index (χ4n) is 1.46. The van der Waals surface area contributed by atoms with E-state index in [2.05, 4.69) is 37.5 Å². The monoisotopic (exact) mass is 245 g/mol. The van der Waals surface area contributed by atoms with Crippen LogP contribution in [0, 0.1) is 6.92 Å². The zero-order chi connectivity index (χ0) is 10.6. The quantitative estimate of drug-likeness (QED) is 0.523. The molecule has 0 radical (unpaired) electrons.